The molecule has 0 aliphatic heterocycles. The summed E-state index contributed by atoms with van der Waals surface area (Å²) >= 11 is 1.55. The molecule has 33 heavy (non-hydrogen) atoms. The summed E-state index contributed by atoms with van der Waals surface area (Å²) in [5.74, 6) is 1.19. The highest BCUT2D eigenvalue weighted by atomic mass is 32.1. The Bertz CT molecular complexity index is 1320. The second kappa shape index (κ2) is 8.71. The summed E-state index contributed by atoms with van der Waals surface area (Å²) in [7, 11) is 0. The van der Waals surface area contributed by atoms with Gasteiger partial charge in [0.2, 0.25) is 0 Å². The average molecular weight is 459 g/mol. The third-order valence-electron chi connectivity index (χ3n) is 5.14. The molecule has 4 rings (SSSR count). The highest BCUT2D eigenvalue weighted by Gasteiger charge is 2.22. The number of amides is 2. The van der Waals surface area contributed by atoms with E-state index in [1.807, 2.05) is 55.6 Å². The number of aromatic nitrogens is 4. The molecule has 2 amide bonds. The van der Waals surface area contributed by atoms with Crippen LogP contribution in [0.4, 0.5) is 16.3 Å². The van der Waals surface area contributed by atoms with Gasteiger partial charge in [-0.2, -0.15) is 0 Å². The monoisotopic (exact) mass is 458 g/mol. The lowest BCUT2D eigenvalue weighted by atomic mass is 9.95. The number of carbonyl (C=O) groups excluding carboxylic acids is 1. The first-order chi connectivity index (χ1) is 15.6. The van der Waals surface area contributed by atoms with Gasteiger partial charge in [0, 0.05) is 22.6 Å². The first-order valence-corrected chi connectivity index (χ1v) is 11.4. The highest BCUT2D eigenvalue weighted by molar-refractivity contribution is 7.09. The van der Waals surface area contributed by atoms with E-state index in [0.29, 0.717) is 17.2 Å². The lowest BCUT2D eigenvalue weighted by molar-refractivity contribution is 0.256. The summed E-state index contributed by atoms with van der Waals surface area (Å²) in [5, 5.41) is 2.90. The quantitative estimate of drug-likeness (QED) is 0.417. The number of nitrogens with two attached hydrogens (primary N) is 1. The van der Waals surface area contributed by atoms with E-state index in [9.17, 15) is 4.79 Å². The Labute approximate surface area is 197 Å². The molecule has 0 bridgehead atoms. The van der Waals surface area contributed by atoms with Crippen LogP contribution in [0.3, 0.4) is 0 Å². The molecule has 0 radical (unpaired) electrons. The topological polar surface area (TPSA) is 97.9 Å². The maximum absolute atomic E-state index is 12.6. The zero-order valence-electron chi connectivity index (χ0n) is 19.3. The lowest BCUT2D eigenvalue weighted by Gasteiger charge is -2.23. The van der Waals surface area contributed by atoms with Crippen molar-refractivity contribution in [3.63, 3.8) is 0 Å². The minimum absolute atomic E-state index is 0.179. The van der Waals surface area contributed by atoms with Crippen molar-refractivity contribution in [1.29, 1.82) is 0 Å². The molecule has 4 aromatic rings. The number of rotatable bonds is 4. The van der Waals surface area contributed by atoms with Crippen molar-refractivity contribution < 1.29 is 4.79 Å². The molecule has 0 spiro atoms. The van der Waals surface area contributed by atoms with Crippen molar-refractivity contribution in [2.45, 2.75) is 40.0 Å². The molecule has 168 valence electrons. The largest absolute Gasteiger partial charge is 0.351 e. The number of pyridine rings is 1. The van der Waals surface area contributed by atoms with Crippen LogP contribution in [-0.2, 0) is 5.41 Å². The van der Waals surface area contributed by atoms with E-state index in [4.69, 9.17) is 10.7 Å². The SMILES string of the molecule is Cc1nc(-c2cccc(N(C(N)=O)c3cc(-c4ccnc(C(C)(C)C)n4)ccc3C)n2)cs1. The number of thiazole rings is 1. The van der Waals surface area contributed by atoms with Crippen LogP contribution in [0.5, 0.6) is 0 Å². The van der Waals surface area contributed by atoms with E-state index in [1.165, 1.54) is 4.90 Å². The fraction of sp³-hybridized carbons (Fsp3) is 0.240. The third kappa shape index (κ3) is 4.75. The Kier molecular flexibility index (Phi) is 5.95. The van der Waals surface area contributed by atoms with Crippen LogP contribution in [0.1, 0.15) is 37.2 Å². The summed E-state index contributed by atoms with van der Waals surface area (Å²) in [4.78, 5) is 32.4. The Balaban J connectivity index is 1.79. The van der Waals surface area contributed by atoms with Crippen molar-refractivity contribution in [3.05, 3.63) is 70.4 Å². The number of anilines is 2. The number of benzene rings is 1. The predicted molar refractivity (Wildman–Crippen MR) is 133 cm³/mol. The van der Waals surface area contributed by atoms with Crippen molar-refractivity contribution in [2.24, 2.45) is 5.73 Å². The molecule has 2 N–H and O–H groups in total. The zero-order valence-corrected chi connectivity index (χ0v) is 20.1. The average Bonchev–Trinajstić information content (AvgIpc) is 3.21. The fourth-order valence-electron chi connectivity index (χ4n) is 3.42. The van der Waals surface area contributed by atoms with Gasteiger partial charge in [0.1, 0.15) is 11.6 Å². The van der Waals surface area contributed by atoms with E-state index in [0.717, 1.165) is 33.3 Å². The van der Waals surface area contributed by atoms with Gasteiger partial charge in [0.25, 0.3) is 0 Å². The van der Waals surface area contributed by atoms with Crippen molar-refractivity contribution in [1.82, 2.24) is 19.9 Å². The molecule has 3 aromatic heterocycles. The predicted octanol–water partition coefficient (Wildman–Crippen LogP) is 5.79. The summed E-state index contributed by atoms with van der Waals surface area (Å²) < 4.78 is 0. The summed E-state index contributed by atoms with van der Waals surface area (Å²) in [6.45, 7) is 10.1. The number of hydrogen-bond donors (Lipinski definition) is 1. The molecule has 0 fully saturated rings. The zero-order chi connectivity index (χ0) is 23.8. The number of primary amides is 1. The van der Waals surface area contributed by atoms with E-state index in [-0.39, 0.29) is 5.41 Å². The van der Waals surface area contributed by atoms with Crippen LogP contribution in [-0.4, -0.2) is 26.0 Å². The van der Waals surface area contributed by atoms with Gasteiger partial charge in [-0.15, -0.1) is 11.3 Å². The summed E-state index contributed by atoms with van der Waals surface area (Å²) in [5.41, 5.74) is 10.3. The second-order valence-electron chi connectivity index (χ2n) is 8.82. The van der Waals surface area contributed by atoms with Gasteiger partial charge in [0.15, 0.2) is 0 Å². The summed E-state index contributed by atoms with van der Waals surface area (Å²) in [6.07, 6.45) is 1.76. The van der Waals surface area contributed by atoms with Crippen LogP contribution in [0, 0.1) is 13.8 Å². The van der Waals surface area contributed by atoms with Gasteiger partial charge in [0.05, 0.1) is 27.8 Å². The highest BCUT2D eigenvalue weighted by Crippen LogP contribution is 2.33. The molecule has 0 saturated heterocycles. The maximum Gasteiger partial charge on any atom is 0.325 e. The van der Waals surface area contributed by atoms with Gasteiger partial charge >= 0.3 is 6.03 Å². The molecular weight excluding hydrogens is 432 g/mol. The minimum atomic E-state index is -0.618. The standard InChI is InChI=1S/C25H26N6OS/c1-15-9-10-17(18-11-12-27-23(30-18)25(3,4)5)13-21(15)31(24(26)32)22-8-6-7-19(29-22)20-14-33-16(2)28-20/h6-14H,1-5H3,(H2,26,32). The van der Waals surface area contributed by atoms with E-state index >= 15 is 0 Å². The Morgan fingerprint density at radius 2 is 1.76 bits per heavy atom. The first-order valence-electron chi connectivity index (χ1n) is 10.6. The van der Waals surface area contributed by atoms with Gasteiger partial charge in [-0.3, -0.25) is 0 Å². The first kappa shape index (κ1) is 22.5. The third-order valence-corrected chi connectivity index (χ3v) is 5.91. The van der Waals surface area contributed by atoms with Crippen molar-refractivity contribution in [2.75, 3.05) is 4.90 Å². The minimum Gasteiger partial charge on any atom is -0.351 e. The normalized spacial score (nSPS) is 11.4. The number of carbonyl (C=O) groups is 1. The van der Waals surface area contributed by atoms with Crippen LogP contribution < -0.4 is 10.6 Å². The Morgan fingerprint density at radius 1 is 0.970 bits per heavy atom. The number of urea groups is 1. The maximum atomic E-state index is 12.6. The fourth-order valence-corrected chi connectivity index (χ4v) is 4.02. The van der Waals surface area contributed by atoms with Gasteiger partial charge in [-0.25, -0.2) is 29.6 Å². The number of hydrogen-bond acceptors (Lipinski definition) is 6. The van der Waals surface area contributed by atoms with E-state index < -0.39 is 6.03 Å². The summed E-state index contributed by atoms with van der Waals surface area (Å²) in [6, 6.07) is 12.6. The van der Waals surface area contributed by atoms with Crippen LogP contribution >= 0.6 is 11.3 Å². The smallest absolute Gasteiger partial charge is 0.325 e. The number of aryl methyl sites for hydroxylation is 2. The van der Waals surface area contributed by atoms with Gasteiger partial charge < -0.3 is 5.73 Å². The lowest BCUT2D eigenvalue weighted by Crippen LogP contribution is -2.32. The Hall–Kier alpha value is -3.65. The molecule has 0 saturated carbocycles. The molecule has 0 unspecified atom stereocenters. The van der Waals surface area contributed by atoms with Gasteiger partial charge in [-0.1, -0.05) is 39.0 Å². The van der Waals surface area contributed by atoms with Crippen molar-refractivity contribution in [3.8, 4) is 22.6 Å². The molecule has 3 heterocycles. The molecule has 0 aliphatic carbocycles. The van der Waals surface area contributed by atoms with Crippen LogP contribution in [0.25, 0.3) is 22.6 Å². The van der Waals surface area contributed by atoms with E-state index in [2.05, 4.69) is 35.7 Å². The number of nitrogens with zero attached hydrogens (tertiary/aromatic N) is 5. The Morgan fingerprint density at radius 3 is 2.42 bits per heavy atom. The van der Waals surface area contributed by atoms with Gasteiger partial charge in [-0.05, 0) is 43.7 Å². The van der Waals surface area contributed by atoms with Crippen LogP contribution in [0.15, 0.2) is 54.0 Å². The van der Waals surface area contributed by atoms with Crippen LogP contribution in [0.2, 0.25) is 0 Å². The molecule has 7 nitrogen and oxygen atoms in total. The molecule has 0 aliphatic rings. The molecular formula is C25H26N6OS. The molecule has 0 atom stereocenters. The molecule has 1 aromatic carbocycles. The molecule has 8 heteroatoms. The van der Waals surface area contributed by atoms with Crippen molar-refractivity contribution >= 4 is 28.9 Å². The second-order valence-corrected chi connectivity index (χ2v) is 9.89. The van der Waals surface area contributed by atoms with E-state index in [1.54, 1.807) is 23.6 Å².